The minimum atomic E-state index is -0.955. The smallest absolute Gasteiger partial charge is 0.213 e. The molecule has 2 bridgehead atoms. The summed E-state index contributed by atoms with van der Waals surface area (Å²) in [6.45, 7) is 0. The van der Waals surface area contributed by atoms with Crippen molar-refractivity contribution in [2.45, 2.75) is 49.8 Å². The number of aliphatic hydroxyl groups is 1. The van der Waals surface area contributed by atoms with E-state index in [1.807, 2.05) is 0 Å². The van der Waals surface area contributed by atoms with Gasteiger partial charge in [-0.15, -0.1) is 0 Å². The average Bonchev–Trinajstić information content (AvgIpc) is 2.28. The van der Waals surface area contributed by atoms with Gasteiger partial charge in [-0.05, 0) is 37.8 Å². The molecule has 2 aliphatic heterocycles. The van der Waals surface area contributed by atoms with Gasteiger partial charge in [0.1, 0.15) is 5.60 Å². The molecule has 2 unspecified atom stereocenters. The fourth-order valence-electron chi connectivity index (χ4n) is 3.21. The first-order valence-electron chi connectivity index (χ1n) is 6.27. The number of fused-ring (bicyclic) bond motifs is 2. The van der Waals surface area contributed by atoms with Crippen LogP contribution in [-0.4, -0.2) is 22.2 Å². The van der Waals surface area contributed by atoms with Gasteiger partial charge in [-0.1, -0.05) is 12.5 Å². The van der Waals surface area contributed by atoms with Crippen LogP contribution in [0.1, 0.15) is 37.8 Å². The SMILES string of the molecule is OC1(c2cccc(F)n2)CC2CCCC(C1)N2. The highest BCUT2D eigenvalue weighted by Crippen LogP contribution is 2.38. The molecule has 1 aromatic rings. The topological polar surface area (TPSA) is 45.2 Å². The molecule has 3 heterocycles. The molecule has 2 aliphatic rings. The fourth-order valence-corrected chi connectivity index (χ4v) is 3.21. The van der Waals surface area contributed by atoms with Crippen molar-refractivity contribution < 1.29 is 9.50 Å². The Kier molecular flexibility index (Phi) is 2.64. The van der Waals surface area contributed by atoms with Gasteiger partial charge >= 0.3 is 0 Å². The van der Waals surface area contributed by atoms with E-state index >= 15 is 0 Å². The van der Waals surface area contributed by atoms with E-state index in [1.165, 1.54) is 12.5 Å². The minimum absolute atomic E-state index is 0.345. The largest absolute Gasteiger partial charge is 0.383 e. The summed E-state index contributed by atoms with van der Waals surface area (Å²) in [6, 6.07) is 5.35. The normalized spacial score (nSPS) is 36.8. The molecular formula is C13H17FN2O. The number of nitrogens with zero attached hydrogens (tertiary/aromatic N) is 1. The molecule has 0 radical (unpaired) electrons. The monoisotopic (exact) mass is 236 g/mol. The average molecular weight is 236 g/mol. The van der Waals surface area contributed by atoms with E-state index in [1.54, 1.807) is 12.1 Å². The lowest BCUT2D eigenvalue weighted by molar-refractivity contribution is -0.0397. The lowest BCUT2D eigenvalue weighted by Crippen LogP contribution is -2.54. The molecule has 0 saturated carbocycles. The van der Waals surface area contributed by atoms with Crippen LogP contribution in [-0.2, 0) is 5.60 Å². The molecule has 3 rings (SSSR count). The first kappa shape index (κ1) is 11.1. The third-order valence-electron chi connectivity index (χ3n) is 3.94. The summed E-state index contributed by atoms with van der Waals surface area (Å²) >= 11 is 0. The predicted octanol–water partition coefficient (Wildman–Crippen LogP) is 1.71. The van der Waals surface area contributed by atoms with E-state index in [-0.39, 0.29) is 0 Å². The van der Waals surface area contributed by atoms with Gasteiger partial charge in [-0.3, -0.25) is 0 Å². The Balaban J connectivity index is 1.90. The number of rotatable bonds is 1. The molecule has 0 spiro atoms. The van der Waals surface area contributed by atoms with Crippen molar-refractivity contribution in [1.82, 2.24) is 10.3 Å². The van der Waals surface area contributed by atoms with Gasteiger partial charge < -0.3 is 10.4 Å². The van der Waals surface area contributed by atoms with Gasteiger partial charge in [-0.2, -0.15) is 4.39 Å². The maximum absolute atomic E-state index is 13.1. The van der Waals surface area contributed by atoms with E-state index in [4.69, 9.17) is 0 Å². The summed E-state index contributed by atoms with van der Waals surface area (Å²) in [5.74, 6) is -0.514. The van der Waals surface area contributed by atoms with Crippen molar-refractivity contribution in [2.75, 3.05) is 0 Å². The maximum Gasteiger partial charge on any atom is 0.213 e. The standard InChI is InChI=1S/C13H17FN2O/c14-12-6-2-5-11(16-12)13(17)7-9-3-1-4-10(8-13)15-9/h2,5-6,9-10,15,17H,1,3-4,7-8H2. The number of piperidine rings is 2. The van der Waals surface area contributed by atoms with Gasteiger partial charge in [0.25, 0.3) is 0 Å². The van der Waals surface area contributed by atoms with Crippen molar-refractivity contribution in [1.29, 1.82) is 0 Å². The molecule has 17 heavy (non-hydrogen) atoms. The van der Waals surface area contributed by atoms with Gasteiger partial charge in [0.15, 0.2) is 0 Å². The lowest BCUT2D eigenvalue weighted by atomic mass is 9.75. The molecule has 92 valence electrons. The van der Waals surface area contributed by atoms with E-state index in [0.29, 0.717) is 30.6 Å². The Morgan fingerprint density at radius 2 is 2.00 bits per heavy atom. The molecule has 2 atom stereocenters. The second-order valence-electron chi connectivity index (χ2n) is 5.28. The Morgan fingerprint density at radius 1 is 1.29 bits per heavy atom. The summed E-state index contributed by atoms with van der Waals surface area (Å²) in [7, 11) is 0. The summed E-state index contributed by atoms with van der Waals surface area (Å²) < 4.78 is 13.1. The molecule has 0 aliphatic carbocycles. The summed E-state index contributed by atoms with van der Waals surface area (Å²) in [6.07, 6.45) is 4.68. The molecule has 3 nitrogen and oxygen atoms in total. The zero-order valence-corrected chi connectivity index (χ0v) is 9.69. The van der Waals surface area contributed by atoms with Crippen LogP contribution >= 0.6 is 0 Å². The third kappa shape index (κ3) is 2.07. The highest BCUT2D eigenvalue weighted by Gasteiger charge is 2.42. The van der Waals surface area contributed by atoms with Crippen molar-refractivity contribution in [3.05, 3.63) is 29.8 Å². The van der Waals surface area contributed by atoms with Crippen LogP contribution in [0.15, 0.2) is 18.2 Å². The summed E-state index contributed by atoms with van der Waals surface area (Å²) in [5, 5.41) is 14.2. The van der Waals surface area contributed by atoms with Gasteiger partial charge in [0, 0.05) is 12.1 Å². The first-order valence-corrected chi connectivity index (χ1v) is 6.27. The summed E-state index contributed by atoms with van der Waals surface area (Å²) in [5.41, 5.74) is -0.473. The summed E-state index contributed by atoms with van der Waals surface area (Å²) in [4.78, 5) is 3.85. The lowest BCUT2D eigenvalue weighted by Gasteiger charge is -2.44. The highest BCUT2D eigenvalue weighted by atomic mass is 19.1. The molecule has 2 saturated heterocycles. The van der Waals surface area contributed by atoms with Crippen molar-refractivity contribution in [3.63, 3.8) is 0 Å². The Hall–Kier alpha value is -1.00. The zero-order valence-electron chi connectivity index (χ0n) is 9.69. The Labute approximate surface area is 100 Å². The van der Waals surface area contributed by atoms with Crippen LogP contribution in [0.2, 0.25) is 0 Å². The van der Waals surface area contributed by atoms with Crippen molar-refractivity contribution in [3.8, 4) is 0 Å². The van der Waals surface area contributed by atoms with Gasteiger partial charge in [-0.25, -0.2) is 4.98 Å². The molecule has 1 aromatic heterocycles. The van der Waals surface area contributed by atoms with Gasteiger partial charge in [0.05, 0.1) is 5.69 Å². The number of hydrogen-bond donors (Lipinski definition) is 2. The number of nitrogens with one attached hydrogen (secondary N) is 1. The second kappa shape index (κ2) is 4.03. The van der Waals surface area contributed by atoms with E-state index in [0.717, 1.165) is 12.8 Å². The molecule has 0 amide bonds. The van der Waals surface area contributed by atoms with Crippen LogP contribution in [0.4, 0.5) is 4.39 Å². The number of halogens is 1. The number of hydrogen-bond acceptors (Lipinski definition) is 3. The minimum Gasteiger partial charge on any atom is -0.383 e. The predicted molar refractivity (Wildman–Crippen MR) is 61.9 cm³/mol. The quantitative estimate of drug-likeness (QED) is 0.730. The van der Waals surface area contributed by atoms with E-state index in [2.05, 4.69) is 10.3 Å². The molecule has 4 heteroatoms. The Bertz CT molecular complexity index is 412. The molecule has 2 N–H and O–H groups in total. The van der Waals surface area contributed by atoms with Crippen LogP contribution in [0, 0.1) is 5.95 Å². The molecular weight excluding hydrogens is 219 g/mol. The van der Waals surface area contributed by atoms with Crippen LogP contribution in [0.3, 0.4) is 0 Å². The van der Waals surface area contributed by atoms with Crippen molar-refractivity contribution in [2.24, 2.45) is 0 Å². The Morgan fingerprint density at radius 3 is 2.65 bits per heavy atom. The molecule has 0 aromatic carbocycles. The maximum atomic E-state index is 13.1. The van der Waals surface area contributed by atoms with Gasteiger partial charge in [0.2, 0.25) is 5.95 Å². The van der Waals surface area contributed by atoms with Crippen molar-refractivity contribution >= 4 is 0 Å². The first-order chi connectivity index (χ1) is 8.16. The fraction of sp³-hybridized carbons (Fsp3) is 0.615. The van der Waals surface area contributed by atoms with Crippen LogP contribution in [0.5, 0.6) is 0 Å². The third-order valence-corrected chi connectivity index (χ3v) is 3.94. The number of aromatic nitrogens is 1. The highest BCUT2D eigenvalue weighted by molar-refractivity contribution is 5.17. The van der Waals surface area contributed by atoms with E-state index in [9.17, 15) is 9.50 Å². The zero-order chi connectivity index (χ0) is 11.9. The second-order valence-corrected chi connectivity index (χ2v) is 5.28. The van der Waals surface area contributed by atoms with Crippen LogP contribution < -0.4 is 5.32 Å². The molecule has 2 fully saturated rings. The number of pyridine rings is 1. The van der Waals surface area contributed by atoms with Crippen LogP contribution in [0.25, 0.3) is 0 Å². The van der Waals surface area contributed by atoms with E-state index < -0.39 is 11.5 Å².